The van der Waals surface area contributed by atoms with Gasteiger partial charge in [0, 0.05) is 29.2 Å². The molecular weight excluding hydrogens is 489 g/mol. The van der Waals surface area contributed by atoms with Crippen LogP contribution < -0.4 is 0 Å². The average molecular weight is 512 g/mol. The van der Waals surface area contributed by atoms with E-state index in [0.29, 0.717) is 40.1 Å². The molecule has 3 aliphatic rings. The second kappa shape index (κ2) is 7.52. The van der Waals surface area contributed by atoms with Crippen molar-refractivity contribution < 1.29 is 14.0 Å². The van der Waals surface area contributed by atoms with E-state index in [2.05, 4.69) is 4.90 Å². The van der Waals surface area contributed by atoms with E-state index >= 15 is 0 Å². The Morgan fingerprint density at radius 1 is 0.769 bits per heavy atom. The van der Waals surface area contributed by atoms with Gasteiger partial charge >= 0.3 is 0 Å². The van der Waals surface area contributed by atoms with Crippen molar-refractivity contribution in [3.8, 4) is 11.3 Å². The predicted molar refractivity (Wildman–Crippen MR) is 145 cm³/mol. The molecule has 2 spiro atoms. The largest absolute Gasteiger partial charge is 0.293 e. The molecule has 5 nitrogen and oxygen atoms in total. The SMILES string of the molecule is CN1C[C@H](c2cccc(F)c2)C2(C(=O)c3ccccc3C2=O)[C@@]12c1ccccc1-c1nc3ccccc3nc12. The number of Topliss-reactive ketones (excluding diaryl/α,β-unsaturated/α-hetero) is 2. The van der Waals surface area contributed by atoms with Gasteiger partial charge in [0.1, 0.15) is 16.8 Å². The van der Waals surface area contributed by atoms with E-state index in [4.69, 9.17) is 9.97 Å². The van der Waals surface area contributed by atoms with Crippen LogP contribution in [-0.2, 0) is 5.54 Å². The first-order valence-corrected chi connectivity index (χ1v) is 13.0. The summed E-state index contributed by atoms with van der Waals surface area (Å²) < 4.78 is 14.7. The molecule has 8 rings (SSSR count). The fourth-order valence-electron chi connectivity index (χ4n) is 7.59. The minimum atomic E-state index is -1.60. The smallest absolute Gasteiger partial charge is 0.180 e. The fourth-order valence-corrected chi connectivity index (χ4v) is 7.59. The fraction of sp³-hybridized carbons (Fsp3) is 0.152. The number of hydrogen-bond donors (Lipinski definition) is 0. The molecule has 2 aliphatic carbocycles. The normalized spacial score (nSPS) is 22.6. The van der Waals surface area contributed by atoms with E-state index in [0.717, 1.165) is 16.6 Å². The van der Waals surface area contributed by atoms with Crippen molar-refractivity contribution in [1.29, 1.82) is 0 Å². The van der Waals surface area contributed by atoms with Gasteiger partial charge in [-0.25, -0.2) is 14.4 Å². The topological polar surface area (TPSA) is 63.2 Å². The van der Waals surface area contributed by atoms with Gasteiger partial charge in [0.05, 0.1) is 22.4 Å². The third-order valence-electron chi connectivity index (χ3n) is 8.99. The van der Waals surface area contributed by atoms with E-state index in [1.165, 1.54) is 12.1 Å². The van der Waals surface area contributed by atoms with Gasteiger partial charge in [0.15, 0.2) is 11.6 Å². The number of para-hydroxylation sites is 2. The van der Waals surface area contributed by atoms with Gasteiger partial charge in [0.2, 0.25) is 0 Å². The van der Waals surface area contributed by atoms with Crippen LogP contribution in [0.2, 0.25) is 0 Å². The molecule has 39 heavy (non-hydrogen) atoms. The number of ketones is 2. The maximum Gasteiger partial charge on any atom is 0.180 e. The Hall–Kier alpha value is -4.55. The van der Waals surface area contributed by atoms with Crippen LogP contribution >= 0.6 is 0 Å². The number of benzene rings is 4. The van der Waals surface area contributed by atoms with Crippen LogP contribution in [0.4, 0.5) is 4.39 Å². The number of carbonyl (C=O) groups excluding carboxylic acids is 2. The highest BCUT2D eigenvalue weighted by Gasteiger charge is 2.77. The Bertz CT molecular complexity index is 1860. The zero-order valence-electron chi connectivity index (χ0n) is 21.1. The summed E-state index contributed by atoms with van der Waals surface area (Å²) in [5, 5.41) is 0. The molecule has 4 aromatic carbocycles. The lowest BCUT2D eigenvalue weighted by molar-refractivity contribution is 0.0462. The van der Waals surface area contributed by atoms with Gasteiger partial charge < -0.3 is 0 Å². The molecule has 1 aromatic heterocycles. The van der Waals surface area contributed by atoms with E-state index < -0.39 is 22.7 Å². The highest BCUT2D eigenvalue weighted by molar-refractivity contribution is 6.32. The lowest BCUT2D eigenvalue weighted by Crippen LogP contribution is -2.56. The van der Waals surface area contributed by atoms with E-state index in [9.17, 15) is 14.0 Å². The van der Waals surface area contributed by atoms with Gasteiger partial charge in [-0.05, 0) is 42.4 Å². The average Bonchev–Trinajstić information content (AvgIpc) is 3.50. The van der Waals surface area contributed by atoms with Gasteiger partial charge in [-0.1, -0.05) is 72.8 Å². The minimum Gasteiger partial charge on any atom is -0.293 e. The molecule has 0 bridgehead atoms. The summed E-state index contributed by atoms with van der Waals surface area (Å²) in [7, 11) is 1.94. The second-order valence-electron chi connectivity index (χ2n) is 10.7. The van der Waals surface area contributed by atoms with Crippen LogP contribution in [0, 0.1) is 11.2 Å². The first kappa shape index (κ1) is 22.4. The van der Waals surface area contributed by atoms with E-state index in [1.807, 2.05) is 61.6 Å². The van der Waals surface area contributed by atoms with Crippen molar-refractivity contribution in [2.75, 3.05) is 13.6 Å². The number of rotatable bonds is 1. The summed E-state index contributed by atoms with van der Waals surface area (Å²) in [6, 6.07) is 28.8. The van der Waals surface area contributed by atoms with Crippen LogP contribution in [0.25, 0.3) is 22.3 Å². The lowest BCUT2D eigenvalue weighted by Gasteiger charge is -2.44. The molecule has 0 N–H and O–H groups in total. The van der Waals surface area contributed by atoms with Crippen molar-refractivity contribution in [1.82, 2.24) is 14.9 Å². The van der Waals surface area contributed by atoms with Crippen LogP contribution in [0.3, 0.4) is 0 Å². The van der Waals surface area contributed by atoms with Crippen LogP contribution in [0.15, 0.2) is 97.1 Å². The summed E-state index contributed by atoms with van der Waals surface area (Å²) in [4.78, 5) is 42.1. The Balaban J connectivity index is 1.55. The molecule has 1 aliphatic heterocycles. The maximum atomic E-state index is 14.9. The molecule has 1 fully saturated rings. The Kier molecular flexibility index (Phi) is 4.32. The molecule has 6 heteroatoms. The summed E-state index contributed by atoms with van der Waals surface area (Å²) in [6.45, 7) is 0.358. The van der Waals surface area contributed by atoms with Crippen LogP contribution in [0.1, 0.15) is 43.5 Å². The Morgan fingerprint density at radius 2 is 1.38 bits per heavy atom. The maximum absolute atomic E-state index is 14.9. The molecule has 5 aromatic rings. The standard InChI is InChI=1S/C33H22FN3O2/c1-37-18-25(19-9-8-10-20(34)17-19)32(30(38)21-11-2-3-12-22(21)31(32)39)33(37)24-14-5-4-13-23(24)28-29(33)36-27-16-7-6-15-26(27)35-28/h2-17,25H,18H2,1H3/t25-,33+/m1/s1. The highest BCUT2D eigenvalue weighted by Crippen LogP contribution is 2.69. The number of halogens is 1. The zero-order valence-corrected chi connectivity index (χ0v) is 21.1. The number of fused-ring (bicyclic) bond motifs is 8. The van der Waals surface area contributed by atoms with Crippen molar-refractivity contribution in [3.05, 3.63) is 131 Å². The zero-order chi connectivity index (χ0) is 26.5. The highest BCUT2D eigenvalue weighted by atomic mass is 19.1. The number of hydrogen-bond acceptors (Lipinski definition) is 5. The van der Waals surface area contributed by atoms with Gasteiger partial charge in [-0.2, -0.15) is 0 Å². The van der Waals surface area contributed by atoms with Crippen LogP contribution in [-0.4, -0.2) is 40.0 Å². The summed E-state index contributed by atoms with van der Waals surface area (Å²) in [6.07, 6.45) is 0. The predicted octanol–water partition coefficient (Wildman–Crippen LogP) is 5.79. The quantitative estimate of drug-likeness (QED) is 0.267. The number of likely N-dealkylation sites (N-methyl/N-ethyl adjacent to an activating group) is 1. The monoisotopic (exact) mass is 511 g/mol. The molecule has 0 unspecified atom stereocenters. The van der Waals surface area contributed by atoms with E-state index in [-0.39, 0.29) is 11.6 Å². The molecule has 188 valence electrons. The molecular formula is C33H22FN3O2. The van der Waals surface area contributed by atoms with Gasteiger partial charge in [-0.3, -0.25) is 14.5 Å². The van der Waals surface area contributed by atoms with Crippen LogP contribution in [0.5, 0.6) is 0 Å². The summed E-state index contributed by atoms with van der Waals surface area (Å²) in [5.41, 5.74) is 2.97. The third-order valence-corrected chi connectivity index (χ3v) is 8.99. The first-order valence-electron chi connectivity index (χ1n) is 13.0. The number of likely N-dealkylation sites (tertiary alicyclic amines) is 1. The molecule has 2 atom stereocenters. The Labute approximate surface area is 224 Å². The number of aromatic nitrogens is 2. The number of carbonyl (C=O) groups is 2. The third kappa shape index (κ3) is 2.48. The van der Waals surface area contributed by atoms with Gasteiger partial charge in [-0.15, -0.1) is 0 Å². The summed E-state index contributed by atoms with van der Waals surface area (Å²) in [5.74, 6) is -1.52. The minimum absolute atomic E-state index is 0.251. The van der Waals surface area contributed by atoms with Crippen molar-refractivity contribution >= 4 is 22.6 Å². The molecule has 2 heterocycles. The van der Waals surface area contributed by atoms with Gasteiger partial charge in [0.25, 0.3) is 0 Å². The molecule has 1 saturated heterocycles. The van der Waals surface area contributed by atoms with E-state index in [1.54, 1.807) is 30.3 Å². The lowest BCUT2D eigenvalue weighted by atomic mass is 9.58. The molecule has 0 amide bonds. The van der Waals surface area contributed by atoms with Crippen molar-refractivity contribution in [2.24, 2.45) is 5.41 Å². The van der Waals surface area contributed by atoms with Crippen molar-refractivity contribution in [3.63, 3.8) is 0 Å². The number of nitrogens with zero attached hydrogens (tertiary/aromatic N) is 3. The Morgan fingerprint density at radius 3 is 2.08 bits per heavy atom. The second-order valence-corrected chi connectivity index (χ2v) is 10.7. The summed E-state index contributed by atoms with van der Waals surface area (Å²) >= 11 is 0. The first-order chi connectivity index (χ1) is 19.0. The molecule has 0 saturated carbocycles. The van der Waals surface area contributed by atoms with Crippen molar-refractivity contribution in [2.45, 2.75) is 11.5 Å². The molecule has 0 radical (unpaired) electrons.